The molecule has 0 saturated heterocycles. The van der Waals surface area contributed by atoms with E-state index in [1.54, 1.807) is 0 Å². The molecule has 1 fully saturated rings. The van der Waals surface area contributed by atoms with Gasteiger partial charge < -0.3 is 15.8 Å². The number of nitrogens with one attached hydrogen (secondary N) is 1. The largest absolute Gasteiger partial charge is 0.383 e. The van der Waals surface area contributed by atoms with Gasteiger partial charge in [0, 0.05) is 18.4 Å². The summed E-state index contributed by atoms with van der Waals surface area (Å²) in [4.78, 5) is 4.32. The topological polar surface area (TPSA) is 60.2 Å². The maximum atomic E-state index is 6.23. The van der Waals surface area contributed by atoms with Crippen LogP contribution in [0, 0.1) is 6.92 Å². The molecule has 3 N–H and O–H groups in total. The monoisotopic (exact) mass is 277 g/mol. The number of likely N-dealkylation sites (N-methyl/N-ethyl adjacent to an activating group) is 1. The van der Waals surface area contributed by atoms with Gasteiger partial charge in [0.05, 0.1) is 11.6 Å². The first kappa shape index (κ1) is 15.3. The summed E-state index contributed by atoms with van der Waals surface area (Å²) in [6.45, 7) is 4.86. The second kappa shape index (κ2) is 6.55. The Morgan fingerprint density at radius 3 is 2.70 bits per heavy atom. The summed E-state index contributed by atoms with van der Waals surface area (Å²) >= 11 is 0. The number of nitrogens with two attached hydrogens (primary N) is 1. The molecular formula is C16H27N3O. The van der Waals surface area contributed by atoms with E-state index in [4.69, 9.17) is 10.5 Å². The highest BCUT2D eigenvalue weighted by Crippen LogP contribution is 2.42. The zero-order valence-electron chi connectivity index (χ0n) is 12.9. The predicted octanol–water partition coefficient (Wildman–Crippen LogP) is 2.97. The van der Waals surface area contributed by atoms with Crippen molar-refractivity contribution in [2.45, 2.75) is 57.6 Å². The molecule has 0 aliphatic heterocycles. The van der Waals surface area contributed by atoms with Crippen molar-refractivity contribution in [2.24, 2.45) is 0 Å². The molecule has 4 nitrogen and oxygen atoms in total. The zero-order chi connectivity index (χ0) is 14.6. The van der Waals surface area contributed by atoms with Gasteiger partial charge in [-0.2, -0.15) is 0 Å². The Kier molecular flexibility index (Phi) is 5.00. The van der Waals surface area contributed by atoms with Gasteiger partial charge in [-0.05, 0) is 45.4 Å². The Morgan fingerprint density at radius 2 is 2.10 bits per heavy atom. The fourth-order valence-electron chi connectivity index (χ4n) is 3.49. The maximum absolute atomic E-state index is 6.23. The molecule has 1 aromatic heterocycles. The fraction of sp³-hybridized carbons (Fsp3) is 0.688. The Morgan fingerprint density at radius 1 is 1.40 bits per heavy atom. The zero-order valence-corrected chi connectivity index (χ0v) is 12.9. The lowest BCUT2D eigenvalue weighted by molar-refractivity contribution is -0.0897. The molecule has 1 saturated carbocycles. The van der Waals surface area contributed by atoms with Crippen LogP contribution in [0.2, 0.25) is 0 Å². The summed E-state index contributed by atoms with van der Waals surface area (Å²) in [6.07, 6.45) is 7.72. The molecule has 0 aromatic carbocycles. The lowest BCUT2D eigenvalue weighted by Gasteiger charge is -2.43. The van der Waals surface area contributed by atoms with Gasteiger partial charge in [0.2, 0.25) is 0 Å². The second-order valence-electron chi connectivity index (χ2n) is 5.77. The molecule has 2 rings (SSSR count). The molecule has 112 valence electrons. The second-order valence-corrected chi connectivity index (χ2v) is 5.77. The minimum atomic E-state index is -0.147. The van der Waals surface area contributed by atoms with Crippen molar-refractivity contribution >= 4 is 5.82 Å². The molecule has 0 bridgehead atoms. The summed E-state index contributed by atoms with van der Waals surface area (Å²) in [5, 5.41) is 3.44. The first-order valence-electron chi connectivity index (χ1n) is 7.66. The highest BCUT2D eigenvalue weighted by Gasteiger charge is 2.41. The van der Waals surface area contributed by atoms with Crippen molar-refractivity contribution in [3.63, 3.8) is 0 Å². The Balaban J connectivity index is 2.39. The van der Waals surface area contributed by atoms with Crippen LogP contribution in [0.3, 0.4) is 0 Å². The molecule has 1 unspecified atom stereocenters. The molecule has 1 atom stereocenters. The van der Waals surface area contributed by atoms with Gasteiger partial charge in [-0.15, -0.1) is 0 Å². The minimum Gasteiger partial charge on any atom is -0.383 e. The number of aryl methyl sites for hydroxylation is 1. The standard InChI is InChI=1S/C16H27N3O/c1-4-20-16(8-6-5-7-9-16)14(18-3)13-10-12(2)11-19-15(13)17/h10-11,14,18H,4-9H2,1-3H3,(H2,17,19). The summed E-state index contributed by atoms with van der Waals surface area (Å²) in [6, 6.07) is 2.24. The average molecular weight is 277 g/mol. The molecular weight excluding hydrogens is 250 g/mol. The van der Waals surface area contributed by atoms with Crippen LogP contribution in [0.5, 0.6) is 0 Å². The van der Waals surface area contributed by atoms with Crippen molar-refractivity contribution in [1.29, 1.82) is 0 Å². The van der Waals surface area contributed by atoms with Crippen LogP contribution in [-0.2, 0) is 4.74 Å². The van der Waals surface area contributed by atoms with E-state index >= 15 is 0 Å². The molecule has 1 aliphatic carbocycles. The van der Waals surface area contributed by atoms with Gasteiger partial charge in [0.25, 0.3) is 0 Å². The first-order valence-corrected chi connectivity index (χ1v) is 7.66. The maximum Gasteiger partial charge on any atom is 0.128 e. The highest BCUT2D eigenvalue weighted by atomic mass is 16.5. The van der Waals surface area contributed by atoms with Gasteiger partial charge in [-0.3, -0.25) is 0 Å². The van der Waals surface area contributed by atoms with Crippen molar-refractivity contribution in [3.8, 4) is 0 Å². The van der Waals surface area contributed by atoms with Gasteiger partial charge in [-0.25, -0.2) is 4.98 Å². The van der Waals surface area contributed by atoms with Crippen LogP contribution in [0.1, 0.15) is 56.2 Å². The number of rotatable bonds is 5. The van der Waals surface area contributed by atoms with Crippen molar-refractivity contribution in [3.05, 3.63) is 23.4 Å². The number of hydrogen-bond acceptors (Lipinski definition) is 4. The Hall–Kier alpha value is -1.13. The molecule has 0 radical (unpaired) electrons. The average Bonchev–Trinajstić information content (AvgIpc) is 2.45. The number of hydrogen-bond donors (Lipinski definition) is 2. The van der Waals surface area contributed by atoms with E-state index in [2.05, 4.69) is 30.2 Å². The molecule has 1 aliphatic rings. The molecule has 1 heterocycles. The van der Waals surface area contributed by atoms with Gasteiger partial charge >= 0.3 is 0 Å². The van der Waals surface area contributed by atoms with Gasteiger partial charge in [0.1, 0.15) is 5.82 Å². The summed E-state index contributed by atoms with van der Waals surface area (Å²) in [5.74, 6) is 0.611. The Bertz CT molecular complexity index is 436. The molecule has 4 heteroatoms. The number of anilines is 1. The van der Waals surface area contributed by atoms with Crippen LogP contribution in [0.25, 0.3) is 0 Å². The molecule has 20 heavy (non-hydrogen) atoms. The van der Waals surface area contributed by atoms with Gasteiger partial charge in [0.15, 0.2) is 0 Å². The quantitative estimate of drug-likeness (QED) is 0.868. The molecule has 1 aromatic rings. The number of aromatic nitrogens is 1. The van der Waals surface area contributed by atoms with E-state index in [9.17, 15) is 0 Å². The third kappa shape index (κ3) is 2.96. The minimum absolute atomic E-state index is 0.107. The van der Waals surface area contributed by atoms with Crippen molar-refractivity contribution < 1.29 is 4.74 Å². The lowest BCUT2D eigenvalue weighted by atomic mass is 9.76. The van der Waals surface area contributed by atoms with Crippen molar-refractivity contribution in [1.82, 2.24) is 10.3 Å². The van der Waals surface area contributed by atoms with E-state index in [1.165, 1.54) is 19.3 Å². The number of ether oxygens (including phenoxy) is 1. The van der Waals surface area contributed by atoms with Crippen LogP contribution < -0.4 is 11.1 Å². The van der Waals surface area contributed by atoms with Crippen molar-refractivity contribution in [2.75, 3.05) is 19.4 Å². The SMILES string of the molecule is CCOC1(C(NC)c2cc(C)cnc2N)CCCCC1. The van der Waals surface area contributed by atoms with Crippen LogP contribution in [-0.4, -0.2) is 24.2 Å². The third-order valence-electron chi connectivity index (χ3n) is 4.34. The summed E-state index contributed by atoms with van der Waals surface area (Å²) in [7, 11) is 1.99. The molecule has 0 amide bonds. The number of nitrogen functional groups attached to an aromatic ring is 1. The van der Waals surface area contributed by atoms with Crippen LogP contribution in [0.15, 0.2) is 12.3 Å². The lowest BCUT2D eigenvalue weighted by Crippen LogP contribution is -2.47. The number of pyridine rings is 1. The smallest absolute Gasteiger partial charge is 0.128 e. The third-order valence-corrected chi connectivity index (χ3v) is 4.34. The first-order chi connectivity index (χ1) is 9.63. The van der Waals surface area contributed by atoms with E-state index in [0.717, 1.165) is 30.6 Å². The van der Waals surface area contributed by atoms with Crippen LogP contribution in [0.4, 0.5) is 5.82 Å². The van der Waals surface area contributed by atoms with E-state index < -0.39 is 0 Å². The van der Waals surface area contributed by atoms with Gasteiger partial charge in [-0.1, -0.05) is 19.3 Å². The Labute approximate surface area is 122 Å². The van der Waals surface area contributed by atoms with Crippen LogP contribution >= 0.6 is 0 Å². The van der Waals surface area contributed by atoms with E-state index in [0.29, 0.717) is 5.82 Å². The summed E-state index contributed by atoms with van der Waals surface area (Å²) in [5.41, 5.74) is 8.18. The predicted molar refractivity (Wildman–Crippen MR) is 82.6 cm³/mol. The fourth-order valence-corrected chi connectivity index (χ4v) is 3.49. The van der Waals surface area contributed by atoms with E-state index in [-0.39, 0.29) is 11.6 Å². The number of nitrogens with zero attached hydrogens (tertiary/aromatic N) is 1. The molecule has 0 spiro atoms. The highest BCUT2D eigenvalue weighted by molar-refractivity contribution is 5.44. The van der Waals surface area contributed by atoms with E-state index in [1.807, 2.05) is 13.2 Å². The normalized spacial score (nSPS) is 19.8. The summed E-state index contributed by atoms with van der Waals surface area (Å²) < 4.78 is 6.23.